The smallest absolute Gasteiger partial charge is 0.296 e. The molecule has 0 saturated carbocycles. The van der Waals surface area contributed by atoms with Gasteiger partial charge in [0, 0.05) is 0 Å². The van der Waals surface area contributed by atoms with Crippen LogP contribution in [-0.2, 0) is 4.79 Å². The summed E-state index contributed by atoms with van der Waals surface area (Å²) in [4.78, 5) is 12.2. The van der Waals surface area contributed by atoms with Gasteiger partial charge < -0.3 is 5.32 Å². The van der Waals surface area contributed by atoms with Crippen molar-refractivity contribution in [1.29, 1.82) is 0 Å². The fourth-order valence-corrected chi connectivity index (χ4v) is 0.314. The average molecular weight is 138 g/mol. The monoisotopic (exact) mass is 138 g/mol. The first-order chi connectivity index (χ1) is 4.66. The van der Waals surface area contributed by atoms with Crippen molar-refractivity contribution in [3.63, 3.8) is 0 Å². The number of nitrogens with one attached hydrogen (secondary N) is 1. The minimum atomic E-state index is -0.457. The number of amides is 1. The van der Waals surface area contributed by atoms with Gasteiger partial charge in [-0.3, -0.25) is 9.69 Å². The highest BCUT2D eigenvalue weighted by atomic mass is 16.1. The molecule has 0 aliphatic heterocycles. The summed E-state index contributed by atoms with van der Waals surface area (Å²) >= 11 is 0. The molecule has 0 saturated heterocycles. The van der Waals surface area contributed by atoms with Gasteiger partial charge in [-0.25, -0.2) is 0 Å². The van der Waals surface area contributed by atoms with Crippen molar-refractivity contribution in [2.24, 2.45) is 0 Å². The van der Waals surface area contributed by atoms with Crippen LogP contribution in [0.1, 0.15) is 0 Å². The van der Waals surface area contributed by atoms with Gasteiger partial charge in [0.05, 0.1) is 13.6 Å². The van der Waals surface area contributed by atoms with Crippen LogP contribution in [0.25, 0.3) is 0 Å². The second kappa shape index (κ2) is 4.83. The Hall–Kier alpha value is -1.01. The third-order valence-electron chi connectivity index (χ3n) is 0.728. The van der Waals surface area contributed by atoms with Crippen LogP contribution < -0.4 is 5.32 Å². The topological polar surface area (TPSA) is 32.3 Å². The lowest BCUT2D eigenvalue weighted by Gasteiger charge is -2.00. The number of carbonyl (C=O) groups excluding carboxylic acids is 1. The van der Waals surface area contributed by atoms with E-state index in [1.807, 2.05) is 24.3 Å². The van der Waals surface area contributed by atoms with Gasteiger partial charge >= 0.3 is 0 Å². The van der Waals surface area contributed by atoms with Gasteiger partial charge in [-0.15, -0.1) is 0 Å². The Kier molecular flexibility index (Phi) is 4.34. The highest BCUT2D eigenvalue weighted by Gasteiger charge is 1.86. The predicted molar refractivity (Wildman–Crippen MR) is 38.8 cm³/mol. The summed E-state index contributed by atoms with van der Waals surface area (Å²) in [6.45, 7) is 0.563. The normalized spacial score (nSPS) is 8.40. The molecule has 0 spiro atoms. The van der Waals surface area contributed by atoms with Crippen molar-refractivity contribution in [3.8, 4) is 11.8 Å². The summed E-state index contributed by atoms with van der Waals surface area (Å²) in [5, 5.41) is 1.91. The molecule has 0 aromatic carbocycles. The highest BCUT2D eigenvalue weighted by molar-refractivity contribution is 5.93. The van der Waals surface area contributed by atoms with Crippen molar-refractivity contribution in [2.75, 3.05) is 20.6 Å². The molecule has 1 amide bonds. The molecular formula is C7H10N2O. The summed E-state index contributed by atoms with van der Waals surface area (Å²) in [6, 6.07) is 0. The number of hydrogen-bond acceptors (Lipinski definition) is 2. The van der Waals surface area contributed by atoms with Gasteiger partial charge in [0.2, 0.25) is 0 Å². The number of carbonyl (C=O) groups is 1. The Labute approximate surface area is 61.4 Å². The molecule has 3 nitrogen and oxygen atoms in total. The molecule has 0 fully saturated rings. The van der Waals surface area contributed by atoms with Crippen LogP contribution in [0.15, 0.2) is 0 Å². The molecule has 10 heavy (non-hydrogen) atoms. The van der Waals surface area contributed by atoms with E-state index >= 15 is 0 Å². The van der Waals surface area contributed by atoms with Crippen LogP contribution in [-0.4, -0.2) is 31.4 Å². The van der Waals surface area contributed by atoms with Crippen LogP contribution in [0.3, 0.4) is 0 Å². The summed E-state index contributed by atoms with van der Waals surface area (Å²) in [5.41, 5.74) is 0. The van der Waals surface area contributed by atoms with Crippen molar-refractivity contribution < 1.29 is 4.79 Å². The molecule has 54 valence electrons. The van der Waals surface area contributed by atoms with E-state index in [0.29, 0.717) is 6.54 Å². The van der Waals surface area contributed by atoms with Crippen molar-refractivity contribution in [1.82, 2.24) is 10.2 Å². The van der Waals surface area contributed by atoms with Gasteiger partial charge in [-0.05, 0) is 20.0 Å². The molecule has 0 heterocycles. The molecule has 0 unspecified atom stereocenters. The fourth-order valence-electron chi connectivity index (χ4n) is 0.314. The maximum atomic E-state index is 10.4. The number of rotatable bonds is 1. The fraction of sp³-hybridized carbons (Fsp3) is 0.429. The van der Waals surface area contributed by atoms with E-state index in [4.69, 9.17) is 7.05 Å². The predicted octanol–water partition coefficient (Wildman–Crippen LogP) is -0.664. The molecule has 0 aliphatic rings. The van der Waals surface area contributed by atoms with Crippen LogP contribution >= 0.6 is 0 Å². The summed E-state index contributed by atoms with van der Waals surface area (Å²) in [6.07, 6.45) is 0. The zero-order valence-electron chi connectivity index (χ0n) is 6.14. The Morgan fingerprint density at radius 3 is 2.70 bits per heavy atom. The van der Waals surface area contributed by atoms with Crippen molar-refractivity contribution >= 4 is 5.91 Å². The molecular weight excluding hydrogens is 128 g/mol. The number of nitrogens with zero attached hydrogens (tertiary/aromatic N) is 1. The minimum Gasteiger partial charge on any atom is -0.338 e. The summed E-state index contributed by atoms with van der Waals surface area (Å²) in [5.74, 6) is 4.46. The SMILES string of the molecule is [CH]NC(=O)C#CCN(C)C. The maximum Gasteiger partial charge on any atom is 0.296 e. The van der Waals surface area contributed by atoms with Crippen LogP contribution in [0, 0.1) is 18.9 Å². The molecule has 0 bridgehead atoms. The van der Waals surface area contributed by atoms with E-state index in [9.17, 15) is 4.79 Å². The van der Waals surface area contributed by atoms with Gasteiger partial charge in [-0.1, -0.05) is 5.92 Å². The van der Waals surface area contributed by atoms with E-state index in [-0.39, 0.29) is 0 Å². The van der Waals surface area contributed by atoms with E-state index in [2.05, 4.69) is 11.8 Å². The second-order valence-electron chi connectivity index (χ2n) is 2.01. The molecule has 2 radical (unpaired) electrons. The Morgan fingerprint density at radius 2 is 2.30 bits per heavy atom. The van der Waals surface area contributed by atoms with Crippen LogP contribution in [0.2, 0.25) is 0 Å². The maximum absolute atomic E-state index is 10.4. The van der Waals surface area contributed by atoms with E-state index < -0.39 is 5.91 Å². The molecule has 0 rings (SSSR count). The molecule has 0 atom stereocenters. The zero-order valence-corrected chi connectivity index (χ0v) is 6.14. The van der Waals surface area contributed by atoms with Gasteiger partial charge in [0.25, 0.3) is 5.91 Å². The van der Waals surface area contributed by atoms with Crippen LogP contribution in [0.4, 0.5) is 0 Å². The van der Waals surface area contributed by atoms with Crippen molar-refractivity contribution in [3.05, 3.63) is 7.05 Å². The molecule has 1 N–H and O–H groups in total. The molecule has 0 aliphatic carbocycles. The Morgan fingerprint density at radius 1 is 1.70 bits per heavy atom. The summed E-state index contributed by atoms with van der Waals surface area (Å²) in [7, 11) is 8.51. The number of hydrogen-bond donors (Lipinski definition) is 1. The van der Waals surface area contributed by atoms with E-state index in [1.54, 1.807) is 0 Å². The zero-order chi connectivity index (χ0) is 7.98. The molecule has 0 aromatic rings. The standard InChI is InChI=1S/C7H10N2O/c1-8-7(10)5-4-6-9(2)3/h1H,6H2,2-3H3,(H,8,10). The van der Waals surface area contributed by atoms with E-state index in [1.165, 1.54) is 0 Å². The van der Waals surface area contributed by atoms with Crippen molar-refractivity contribution in [2.45, 2.75) is 0 Å². The first-order valence-corrected chi connectivity index (χ1v) is 2.81. The average Bonchev–Trinajstić information content (AvgIpc) is 1.87. The summed E-state index contributed by atoms with van der Waals surface area (Å²) < 4.78 is 0. The first kappa shape index (κ1) is 8.99. The highest BCUT2D eigenvalue weighted by Crippen LogP contribution is 1.68. The van der Waals surface area contributed by atoms with Crippen LogP contribution in [0.5, 0.6) is 0 Å². The minimum absolute atomic E-state index is 0.457. The van der Waals surface area contributed by atoms with Gasteiger partial charge in [-0.2, -0.15) is 0 Å². The first-order valence-electron chi connectivity index (χ1n) is 2.81. The third kappa shape index (κ3) is 5.13. The quantitative estimate of drug-likeness (QED) is 0.385. The van der Waals surface area contributed by atoms with E-state index in [0.717, 1.165) is 0 Å². The van der Waals surface area contributed by atoms with Gasteiger partial charge in [0.15, 0.2) is 0 Å². The Balaban J connectivity index is 3.59. The largest absolute Gasteiger partial charge is 0.338 e. The third-order valence-corrected chi connectivity index (χ3v) is 0.728. The second-order valence-corrected chi connectivity index (χ2v) is 2.01. The molecule has 3 heteroatoms. The lowest BCUT2D eigenvalue weighted by atomic mass is 10.5. The lowest BCUT2D eigenvalue weighted by molar-refractivity contribution is -0.114. The van der Waals surface area contributed by atoms with Gasteiger partial charge in [0.1, 0.15) is 0 Å². The lowest BCUT2D eigenvalue weighted by Crippen LogP contribution is -2.14. The Bertz CT molecular complexity index is 164. The molecule has 0 aromatic heterocycles.